The molecular weight excluding hydrogens is 292 g/mol. The van der Waals surface area contributed by atoms with Gasteiger partial charge in [0.15, 0.2) is 9.84 Å². The summed E-state index contributed by atoms with van der Waals surface area (Å²) in [6.45, 7) is 4.53. The number of nitrogens with one attached hydrogen (secondary N) is 1. The minimum Gasteiger partial charge on any atom is -0.309 e. The summed E-state index contributed by atoms with van der Waals surface area (Å²) >= 11 is 1.84. The van der Waals surface area contributed by atoms with Crippen molar-refractivity contribution in [1.29, 1.82) is 0 Å². The highest BCUT2D eigenvalue weighted by atomic mass is 32.2. The van der Waals surface area contributed by atoms with Crippen LogP contribution in [0.4, 0.5) is 0 Å². The molecule has 0 spiro atoms. The Labute approximate surface area is 125 Å². The summed E-state index contributed by atoms with van der Waals surface area (Å²) in [7, 11) is -2.81. The van der Waals surface area contributed by atoms with Gasteiger partial charge in [-0.3, -0.25) is 4.90 Å². The predicted octanol–water partition coefficient (Wildman–Crippen LogP) is 1.62. The lowest BCUT2D eigenvalue weighted by atomic mass is 10.3. The van der Waals surface area contributed by atoms with Crippen LogP contribution in [0.5, 0.6) is 0 Å². The standard InChI is InChI=1S/C14H22N2O2S2/c1-11-10-20(17,18)7-6-16(11)9-14-5-4-13(19-14)8-15-12-2-3-12/h4-5,11-12,15H,2-3,6-10H2,1H3. The van der Waals surface area contributed by atoms with Crippen LogP contribution in [-0.4, -0.2) is 43.5 Å². The van der Waals surface area contributed by atoms with Crippen molar-refractivity contribution in [3.63, 3.8) is 0 Å². The van der Waals surface area contributed by atoms with Crippen molar-refractivity contribution in [3.05, 3.63) is 21.9 Å². The van der Waals surface area contributed by atoms with Crippen molar-refractivity contribution < 1.29 is 8.42 Å². The van der Waals surface area contributed by atoms with Crippen molar-refractivity contribution in [1.82, 2.24) is 10.2 Å². The average Bonchev–Trinajstić information content (AvgIpc) is 3.10. The van der Waals surface area contributed by atoms with Gasteiger partial charge in [-0.2, -0.15) is 0 Å². The molecule has 1 atom stereocenters. The fourth-order valence-electron chi connectivity index (χ4n) is 2.60. The second-order valence-electron chi connectivity index (χ2n) is 5.96. The molecule has 1 saturated heterocycles. The van der Waals surface area contributed by atoms with E-state index >= 15 is 0 Å². The van der Waals surface area contributed by atoms with Gasteiger partial charge in [0.25, 0.3) is 0 Å². The zero-order chi connectivity index (χ0) is 14.2. The Balaban J connectivity index is 1.54. The summed E-state index contributed by atoms with van der Waals surface area (Å²) in [4.78, 5) is 5.00. The van der Waals surface area contributed by atoms with Crippen molar-refractivity contribution in [2.24, 2.45) is 0 Å². The molecule has 1 aliphatic carbocycles. The van der Waals surface area contributed by atoms with E-state index in [1.54, 1.807) is 0 Å². The van der Waals surface area contributed by atoms with E-state index in [9.17, 15) is 8.42 Å². The molecular formula is C14H22N2O2S2. The minimum absolute atomic E-state index is 0.129. The van der Waals surface area contributed by atoms with Crippen LogP contribution in [0.3, 0.4) is 0 Å². The van der Waals surface area contributed by atoms with Gasteiger partial charge in [0.1, 0.15) is 0 Å². The first-order chi connectivity index (χ1) is 9.52. The normalized spacial score (nSPS) is 26.8. The third kappa shape index (κ3) is 3.81. The molecule has 0 aromatic carbocycles. The highest BCUT2D eigenvalue weighted by Crippen LogP contribution is 2.23. The van der Waals surface area contributed by atoms with Crippen LogP contribution in [-0.2, 0) is 22.9 Å². The molecule has 0 amide bonds. The lowest BCUT2D eigenvalue weighted by molar-refractivity contribution is 0.220. The zero-order valence-corrected chi connectivity index (χ0v) is 13.5. The van der Waals surface area contributed by atoms with Crippen molar-refractivity contribution in [3.8, 4) is 0 Å². The fourth-order valence-corrected chi connectivity index (χ4v) is 5.22. The maximum Gasteiger partial charge on any atom is 0.153 e. The van der Waals surface area contributed by atoms with E-state index in [0.29, 0.717) is 18.1 Å². The van der Waals surface area contributed by atoms with Crippen LogP contribution in [0.25, 0.3) is 0 Å². The largest absolute Gasteiger partial charge is 0.309 e. The van der Waals surface area contributed by atoms with E-state index in [-0.39, 0.29) is 6.04 Å². The summed E-state index contributed by atoms with van der Waals surface area (Å²) < 4.78 is 23.2. The molecule has 4 nitrogen and oxygen atoms in total. The van der Waals surface area contributed by atoms with Gasteiger partial charge < -0.3 is 5.32 Å². The zero-order valence-electron chi connectivity index (χ0n) is 11.8. The Morgan fingerprint density at radius 3 is 2.80 bits per heavy atom. The van der Waals surface area contributed by atoms with E-state index in [1.807, 2.05) is 18.3 Å². The van der Waals surface area contributed by atoms with Gasteiger partial charge in [0.05, 0.1) is 11.5 Å². The molecule has 112 valence electrons. The molecule has 20 heavy (non-hydrogen) atoms. The third-order valence-corrected chi connectivity index (χ3v) is 6.89. The smallest absolute Gasteiger partial charge is 0.153 e. The molecule has 1 aliphatic heterocycles. The van der Waals surface area contributed by atoms with Crippen molar-refractivity contribution in [2.75, 3.05) is 18.1 Å². The summed E-state index contributed by atoms with van der Waals surface area (Å²) in [6.07, 6.45) is 2.63. The second-order valence-corrected chi connectivity index (χ2v) is 9.44. The van der Waals surface area contributed by atoms with Crippen LogP contribution in [0.1, 0.15) is 29.5 Å². The van der Waals surface area contributed by atoms with Gasteiger partial charge in [-0.1, -0.05) is 0 Å². The first-order valence-corrected chi connectivity index (χ1v) is 9.91. The van der Waals surface area contributed by atoms with Crippen LogP contribution >= 0.6 is 11.3 Å². The number of hydrogen-bond acceptors (Lipinski definition) is 5. The van der Waals surface area contributed by atoms with E-state index in [1.165, 1.54) is 22.6 Å². The SMILES string of the molecule is CC1CS(=O)(=O)CCN1Cc1ccc(CNC2CC2)s1. The van der Waals surface area contributed by atoms with Gasteiger partial charge in [-0.15, -0.1) is 11.3 Å². The molecule has 1 aromatic heterocycles. The first-order valence-electron chi connectivity index (χ1n) is 7.27. The summed E-state index contributed by atoms with van der Waals surface area (Å²) in [5.41, 5.74) is 0. The highest BCUT2D eigenvalue weighted by Gasteiger charge is 2.28. The van der Waals surface area contributed by atoms with E-state index in [0.717, 1.165) is 19.1 Å². The van der Waals surface area contributed by atoms with Crippen LogP contribution in [0.15, 0.2) is 12.1 Å². The molecule has 1 N–H and O–H groups in total. The maximum atomic E-state index is 11.6. The monoisotopic (exact) mass is 314 g/mol. The van der Waals surface area contributed by atoms with Crippen LogP contribution in [0.2, 0.25) is 0 Å². The second kappa shape index (κ2) is 5.75. The summed E-state index contributed by atoms with van der Waals surface area (Å²) in [6, 6.07) is 5.25. The van der Waals surface area contributed by atoms with E-state index in [4.69, 9.17) is 0 Å². The first kappa shape index (κ1) is 14.5. The highest BCUT2D eigenvalue weighted by molar-refractivity contribution is 7.91. The van der Waals surface area contributed by atoms with E-state index < -0.39 is 9.84 Å². The fraction of sp³-hybridized carbons (Fsp3) is 0.714. The Morgan fingerprint density at radius 2 is 2.10 bits per heavy atom. The number of sulfone groups is 1. The minimum atomic E-state index is -2.81. The number of nitrogens with zero attached hydrogens (tertiary/aromatic N) is 1. The van der Waals surface area contributed by atoms with Gasteiger partial charge in [0.2, 0.25) is 0 Å². The van der Waals surface area contributed by atoms with Gasteiger partial charge in [-0.25, -0.2) is 8.42 Å². The molecule has 1 aromatic rings. The molecule has 1 saturated carbocycles. The average molecular weight is 314 g/mol. The number of rotatable bonds is 5. The van der Waals surface area contributed by atoms with E-state index in [2.05, 4.69) is 22.3 Å². The lowest BCUT2D eigenvalue weighted by Gasteiger charge is -2.32. The predicted molar refractivity (Wildman–Crippen MR) is 82.7 cm³/mol. The molecule has 6 heteroatoms. The van der Waals surface area contributed by atoms with Gasteiger partial charge in [-0.05, 0) is 31.9 Å². The quantitative estimate of drug-likeness (QED) is 0.897. The Kier molecular flexibility index (Phi) is 4.17. The maximum absolute atomic E-state index is 11.6. The molecule has 2 heterocycles. The number of hydrogen-bond donors (Lipinski definition) is 1. The van der Waals surface area contributed by atoms with Gasteiger partial charge in [0, 0.05) is 41.5 Å². The molecule has 3 rings (SSSR count). The van der Waals surface area contributed by atoms with Gasteiger partial charge >= 0.3 is 0 Å². The summed E-state index contributed by atoms with van der Waals surface area (Å²) in [5.74, 6) is 0.604. The summed E-state index contributed by atoms with van der Waals surface area (Å²) in [5, 5.41) is 3.53. The Hall–Kier alpha value is -0.430. The topological polar surface area (TPSA) is 49.4 Å². The molecule has 2 fully saturated rings. The Bertz CT molecular complexity index is 563. The molecule has 1 unspecified atom stereocenters. The van der Waals surface area contributed by atoms with Crippen LogP contribution in [0, 0.1) is 0 Å². The molecule has 0 radical (unpaired) electrons. The molecule has 2 aliphatic rings. The lowest BCUT2D eigenvalue weighted by Crippen LogP contribution is -2.46. The number of thiophene rings is 1. The van der Waals surface area contributed by atoms with Crippen molar-refractivity contribution >= 4 is 21.2 Å². The van der Waals surface area contributed by atoms with Crippen LogP contribution < -0.4 is 5.32 Å². The molecule has 0 bridgehead atoms. The third-order valence-electron chi connectivity index (χ3n) is 4.03. The Morgan fingerprint density at radius 1 is 1.35 bits per heavy atom. The van der Waals surface area contributed by atoms with Crippen molar-refractivity contribution in [2.45, 2.75) is 44.9 Å².